The maximum absolute atomic E-state index is 9.44. The first kappa shape index (κ1) is 12.1. The van der Waals surface area contributed by atoms with Crippen LogP contribution < -0.4 is 11.2 Å². The number of nitrogens with one attached hydrogen (secondary N) is 2. The van der Waals surface area contributed by atoms with Crippen LogP contribution in [0.15, 0.2) is 0 Å². The van der Waals surface area contributed by atoms with Gasteiger partial charge in [0.15, 0.2) is 5.03 Å². The van der Waals surface area contributed by atoms with Gasteiger partial charge in [-0.25, -0.2) is 10.1 Å². The number of nitrogens with zero attached hydrogens (tertiary/aromatic N) is 1. The normalized spacial score (nSPS) is 7.09. The molecule has 0 bridgehead atoms. The summed E-state index contributed by atoms with van der Waals surface area (Å²) >= 11 is 0. The van der Waals surface area contributed by atoms with Crippen LogP contribution in [0.3, 0.4) is 0 Å². The van der Waals surface area contributed by atoms with Gasteiger partial charge in [-0.05, 0) is 13.8 Å². The van der Waals surface area contributed by atoms with Crippen LogP contribution in [0.5, 0.6) is 0 Å². The van der Waals surface area contributed by atoms with Gasteiger partial charge in [-0.15, -0.1) is 0 Å². The van der Waals surface area contributed by atoms with E-state index in [1.807, 2.05) is 0 Å². The van der Waals surface area contributed by atoms with Crippen molar-refractivity contribution in [2.45, 2.75) is 13.8 Å². The van der Waals surface area contributed by atoms with E-state index in [4.69, 9.17) is 5.41 Å². The highest BCUT2D eigenvalue weighted by atomic mass is 16.7. The van der Waals surface area contributed by atoms with Crippen molar-refractivity contribution < 1.29 is 9.83 Å². The van der Waals surface area contributed by atoms with Crippen molar-refractivity contribution in [3.8, 4) is 0 Å². The molecule has 0 aliphatic rings. The van der Waals surface area contributed by atoms with Gasteiger partial charge in [-0.3, -0.25) is 5.41 Å². The summed E-state index contributed by atoms with van der Waals surface area (Å²) in [6.45, 7) is 3.06. The highest BCUT2D eigenvalue weighted by Gasteiger charge is 1.91. The van der Waals surface area contributed by atoms with Crippen molar-refractivity contribution in [2.75, 3.05) is 0 Å². The Labute approximate surface area is 63.2 Å². The predicted molar refractivity (Wildman–Crippen MR) is 38.4 cm³/mol. The Bertz CT molecular complexity index is 151. The van der Waals surface area contributed by atoms with Gasteiger partial charge in [0.1, 0.15) is 5.78 Å². The highest BCUT2D eigenvalue weighted by Crippen LogP contribution is 1.51. The number of hydrogen-bond donors (Lipinski definition) is 3. The Kier molecular flexibility index (Phi) is 7.08. The third-order valence-electron chi connectivity index (χ3n) is 0.212. The van der Waals surface area contributed by atoms with Crippen LogP contribution in [0.2, 0.25) is 0 Å². The number of ketones is 1. The molecule has 0 aromatic rings. The van der Waals surface area contributed by atoms with Gasteiger partial charge in [0.05, 0.1) is 0 Å². The van der Waals surface area contributed by atoms with E-state index in [0.717, 1.165) is 0 Å². The molecule has 0 saturated heterocycles. The Morgan fingerprint density at radius 3 is 1.91 bits per heavy atom. The molecular weight excluding hydrogens is 152 g/mol. The fourth-order valence-electron chi connectivity index (χ4n) is 0.0983. The maximum atomic E-state index is 9.44. The molecule has 11 heavy (non-hydrogen) atoms. The molecule has 0 radical (unpaired) electrons. The summed E-state index contributed by atoms with van der Waals surface area (Å²) in [5, 5.41) is 14.6. The van der Waals surface area contributed by atoms with E-state index < -0.39 is 11.0 Å². The van der Waals surface area contributed by atoms with Gasteiger partial charge in [-0.2, -0.15) is 0 Å². The smallest absolute Gasteiger partial charge is 0.248 e. The van der Waals surface area contributed by atoms with Crippen molar-refractivity contribution >= 4 is 11.7 Å². The average molecular weight is 162 g/mol. The minimum atomic E-state index is -0.900. The molecule has 64 valence electrons. The zero-order valence-electron chi connectivity index (χ0n) is 6.25. The lowest BCUT2D eigenvalue weighted by Crippen LogP contribution is -2.34. The van der Waals surface area contributed by atoms with E-state index in [0.29, 0.717) is 0 Å². The van der Waals surface area contributed by atoms with Crippen LogP contribution in [-0.4, -0.2) is 16.8 Å². The molecule has 0 unspecified atom stereocenters. The van der Waals surface area contributed by atoms with Gasteiger partial charge in [0.2, 0.25) is 5.96 Å². The Morgan fingerprint density at radius 1 is 1.64 bits per heavy atom. The van der Waals surface area contributed by atoms with Crippen molar-refractivity contribution in [1.82, 2.24) is 5.43 Å². The van der Waals surface area contributed by atoms with E-state index in [2.05, 4.69) is 5.73 Å². The number of guanidine groups is 1. The number of nitrogens with two attached hydrogens (primary N) is 1. The summed E-state index contributed by atoms with van der Waals surface area (Å²) in [6, 6.07) is 0. The van der Waals surface area contributed by atoms with Crippen LogP contribution in [0.4, 0.5) is 0 Å². The molecule has 0 saturated carbocycles. The van der Waals surface area contributed by atoms with Crippen LogP contribution in [0.1, 0.15) is 13.8 Å². The molecule has 0 heterocycles. The average Bonchev–Trinajstić information content (AvgIpc) is 1.56. The second-order valence-corrected chi connectivity index (χ2v) is 1.69. The van der Waals surface area contributed by atoms with Gasteiger partial charge >= 0.3 is 0 Å². The fourth-order valence-corrected chi connectivity index (χ4v) is 0.0983. The second kappa shape index (κ2) is 6.46. The highest BCUT2D eigenvalue weighted by molar-refractivity contribution is 5.72. The number of Topliss-reactive ketones (excluding diaryl/α,β-unsaturated/α-hetero) is 1. The standard InChI is InChI=1S/C3H6O.CH4N4O2/c1-3(2)4;2-1(3)4-5(6)7/h1-2H3;(H4,2,3,4). The molecule has 0 rings (SSSR count). The van der Waals surface area contributed by atoms with E-state index in [1.165, 1.54) is 19.3 Å². The Morgan fingerprint density at radius 2 is 1.91 bits per heavy atom. The van der Waals surface area contributed by atoms with Crippen LogP contribution in [0, 0.1) is 15.5 Å². The van der Waals surface area contributed by atoms with Gasteiger partial charge in [0.25, 0.3) is 0 Å². The SMILES string of the molecule is CC(C)=O.N=C(N)N[N+](=O)[O-]. The molecule has 4 N–H and O–H groups in total. The summed E-state index contributed by atoms with van der Waals surface area (Å²) in [5.41, 5.74) is 5.91. The van der Waals surface area contributed by atoms with E-state index in [-0.39, 0.29) is 5.78 Å². The fraction of sp³-hybridized carbons (Fsp3) is 0.500. The number of hydrogen-bond acceptors (Lipinski definition) is 4. The number of carbonyl (C=O) groups is 1. The molecule has 0 amide bonds. The van der Waals surface area contributed by atoms with E-state index >= 15 is 0 Å². The van der Waals surface area contributed by atoms with Crippen molar-refractivity contribution in [3.63, 3.8) is 0 Å². The first-order valence-corrected chi connectivity index (χ1v) is 2.58. The number of hydrazine groups is 1. The van der Waals surface area contributed by atoms with Gasteiger partial charge in [0, 0.05) is 0 Å². The van der Waals surface area contributed by atoms with Gasteiger partial charge < -0.3 is 10.5 Å². The number of nitro groups is 1. The zero-order chi connectivity index (χ0) is 9.44. The van der Waals surface area contributed by atoms with E-state index in [9.17, 15) is 14.9 Å². The molecule has 7 nitrogen and oxygen atoms in total. The van der Waals surface area contributed by atoms with Crippen molar-refractivity contribution in [3.05, 3.63) is 10.1 Å². The molecule has 0 aliphatic heterocycles. The minimum Gasteiger partial charge on any atom is -0.366 e. The molecule has 0 spiro atoms. The molecule has 0 fully saturated rings. The van der Waals surface area contributed by atoms with Crippen molar-refractivity contribution in [2.24, 2.45) is 5.73 Å². The summed E-state index contributed by atoms with van der Waals surface area (Å²) in [6.07, 6.45) is 0. The maximum Gasteiger partial charge on any atom is 0.248 e. The van der Waals surface area contributed by atoms with E-state index in [1.54, 1.807) is 0 Å². The summed E-state index contributed by atoms with van der Waals surface area (Å²) in [5.74, 6) is -0.495. The lowest BCUT2D eigenvalue weighted by Gasteiger charge is -1.86. The molecule has 0 aromatic heterocycles. The number of carbonyl (C=O) groups excluding carboxylic acids is 1. The summed E-state index contributed by atoms with van der Waals surface area (Å²) in [7, 11) is 0. The predicted octanol–water partition coefficient (Wildman–Crippen LogP) is -0.744. The third kappa shape index (κ3) is 61.2. The lowest BCUT2D eigenvalue weighted by atomic mass is 10.6. The molecule has 0 atom stereocenters. The topological polar surface area (TPSA) is 122 Å². The monoisotopic (exact) mass is 162 g/mol. The molecule has 0 aliphatic carbocycles. The van der Waals surface area contributed by atoms with Crippen molar-refractivity contribution in [1.29, 1.82) is 5.41 Å². The minimum absolute atomic E-state index is 0.167. The summed E-state index contributed by atoms with van der Waals surface area (Å²) < 4.78 is 0. The Hall–Kier alpha value is -1.66. The van der Waals surface area contributed by atoms with Crippen LogP contribution >= 0.6 is 0 Å². The largest absolute Gasteiger partial charge is 0.366 e. The van der Waals surface area contributed by atoms with Crippen LogP contribution in [0.25, 0.3) is 0 Å². The summed E-state index contributed by atoms with van der Waals surface area (Å²) in [4.78, 5) is 18.7. The second-order valence-electron chi connectivity index (χ2n) is 1.69. The Balaban J connectivity index is 0. The first-order chi connectivity index (χ1) is 4.86. The van der Waals surface area contributed by atoms with Gasteiger partial charge in [-0.1, -0.05) is 5.43 Å². The lowest BCUT2D eigenvalue weighted by molar-refractivity contribution is -0.525. The van der Waals surface area contributed by atoms with Crippen LogP contribution in [-0.2, 0) is 4.79 Å². The quantitative estimate of drug-likeness (QED) is 0.203. The molecule has 0 aromatic carbocycles. The third-order valence-corrected chi connectivity index (χ3v) is 0.212. The zero-order valence-corrected chi connectivity index (χ0v) is 6.25. The number of rotatable bonds is 1. The first-order valence-electron chi connectivity index (χ1n) is 2.58. The molecule has 7 heteroatoms. The molecular formula is C4H10N4O3.